The van der Waals surface area contributed by atoms with Gasteiger partial charge in [-0.1, -0.05) is 6.92 Å². The first-order valence-corrected chi connectivity index (χ1v) is 7.65. The highest BCUT2D eigenvalue weighted by Gasteiger charge is 2.40. The van der Waals surface area contributed by atoms with Crippen LogP contribution in [-0.4, -0.2) is 55.6 Å². The van der Waals surface area contributed by atoms with Gasteiger partial charge in [0, 0.05) is 18.6 Å². The molecule has 0 bridgehead atoms. The average molecular weight is 253 g/mol. The van der Waals surface area contributed by atoms with Crippen LogP contribution in [0.25, 0.3) is 0 Å². The van der Waals surface area contributed by atoms with Gasteiger partial charge in [0.05, 0.1) is 0 Å². The standard InChI is InChI=1S/C15H31N3/c1-13-4-7-15(10-13,12-16)18(3)11-14-5-8-17(2)9-6-14/h13-14H,4-12,16H2,1-3H3. The molecule has 1 saturated carbocycles. The Morgan fingerprint density at radius 3 is 2.44 bits per heavy atom. The Balaban J connectivity index is 1.88. The van der Waals surface area contributed by atoms with Crippen LogP contribution in [0.1, 0.15) is 39.0 Å². The molecule has 1 saturated heterocycles. The van der Waals surface area contributed by atoms with Gasteiger partial charge in [0.2, 0.25) is 0 Å². The fourth-order valence-corrected chi connectivity index (χ4v) is 3.88. The quantitative estimate of drug-likeness (QED) is 0.829. The summed E-state index contributed by atoms with van der Waals surface area (Å²) < 4.78 is 0. The maximum atomic E-state index is 6.11. The van der Waals surface area contributed by atoms with Crippen molar-refractivity contribution in [3.63, 3.8) is 0 Å². The van der Waals surface area contributed by atoms with Crippen LogP contribution in [0.15, 0.2) is 0 Å². The summed E-state index contributed by atoms with van der Waals surface area (Å²) in [6, 6.07) is 0. The van der Waals surface area contributed by atoms with Gasteiger partial charge < -0.3 is 10.6 Å². The van der Waals surface area contributed by atoms with Gasteiger partial charge in [-0.25, -0.2) is 0 Å². The smallest absolute Gasteiger partial charge is 0.0331 e. The summed E-state index contributed by atoms with van der Waals surface area (Å²) in [5, 5.41) is 0. The van der Waals surface area contributed by atoms with Crippen LogP contribution in [0, 0.1) is 11.8 Å². The summed E-state index contributed by atoms with van der Waals surface area (Å²) in [7, 11) is 4.54. The first-order valence-electron chi connectivity index (χ1n) is 7.65. The predicted octanol–water partition coefficient (Wildman–Crippen LogP) is 1.78. The molecule has 3 nitrogen and oxygen atoms in total. The Kier molecular flexibility index (Phi) is 4.68. The van der Waals surface area contributed by atoms with Crippen LogP contribution >= 0.6 is 0 Å². The molecule has 0 aromatic rings. The highest BCUT2D eigenvalue weighted by molar-refractivity contribution is 4.97. The fraction of sp³-hybridized carbons (Fsp3) is 1.00. The van der Waals surface area contributed by atoms with Crippen molar-refractivity contribution >= 4 is 0 Å². The maximum Gasteiger partial charge on any atom is 0.0331 e. The lowest BCUT2D eigenvalue weighted by atomic mass is 9.90. The minimum absolute atomic E-state index is 0.308. The molecular formula is C15H31N3. The van der Waals surface area contributed by atoms with Crippen molar-refractivity contribution in [3.05, 3.63) is 0 Å². The molecule has 1 aliphatic carbocycles. The first-order chi connectivity index (χ1) is 8.55. The molecule has 0 amide bonds. The summed E-state index contributed by atoms with van der Waals surface area (Å²) >= 11 is 0. The number of nitrogens with two attached hydrogens (primary N) is 1. The lowest BCUT2D eigenvalue weighted by Crippen LogP contribution is -2.52. The molecule has 2 rings (SSSR count). The molecule has 18 heavy (non-hydrogen) atoms. The second-order valence-electron chi connectivity index (χ2n) is 6.90. The molecule has 0 aromatic carbocycles. The molecule has 1 aliphatic heterocycles. The third kappa shape index (κ3) is 3.06. The zero-order chi connectivity index (χ0) is 13.2. The van der Waals surface area contributed by atoms with E-state index in [-0.39, 0.29) is 0 Å². The number of hydrogen-bond acceptors (Lipinski definition) is 3. The topological polar surface area (TPSA) is 32.5 Å². The van der Waals surface area contributed by atoms with E-state index in [9.17, 15) is 0 Å². The van der Waals surface area contributed by atoms with Gasteiger partial charge in [0.25, 0.3) is 0 Å². The lowest BCUT2D eigenvalue weighted by Gasteiger charge is -2.41. The van der Waals surface area contributed by atoms with Gasteiger partial charge in [-0.05, 0) is 71.1 Å². The summed E-state index contributed by atoms with van der Waals surface area (Å²) in [6.07, 6.45) is 6.67. The highest BCUT2D eigenvalue weighted by atomic mass is 15.2. The number of likely N-dealkylation sites (tertiary alicyclic amines) is 1. The summed E-state index contributed by atoms with van der Waals surface area (Å²) in [5.74, 6) is 1.74. The van der Waals surface area contributed by atoms with Gasteiger partial charge in [0.15, 0.2) is 0 Å². The van der Waals surface area contributed by atoms with Crippen LogP contribution in [-0.2, 0) is 0 Å². The van der Waals surface area contributed by atoms with Crippen LogP contribution in [0.5, 0.6) is 0 Å². The fourth-order valence-electron chi connectivity index (χ4n) is 3.88. The molecule has 2 atom stereocenters. The first kappa shape index (κ1) is 14.3. The number of likely N-dealkylation sites (N-methyl/N-ethyl adjacent to an activating group) is 1. The zero-order valence-electron chi connectivity index (χ0n) is 12.5. The van der Waals surface area contributed by atoms with Gasteiger partial charge in [-0.2, -0.15) is 0 Å². The molecule has 0 aromatic heterocycles. The van der Waals surface area contributed by atoms with E-state index in [0.29, 0.717) is 5.54 Å². The molecule has 2 fully saturated rings. The van der Waals surface area contributed by atoms with E-state index in [1.54, 1.807) is 0 Å². The second-order valence-corrected chi connectivity index (χ2v) is 6.90. The minimum Gasteiger partial charge on any atom is -0.329 e. The zero-order valence-corrected chi connectivity index (χ0v) is 12.5. The van der Waals surface area contributed by atoms with Crippen LogP contribution in [0.3, 0.4) is 0 Å². The van der Waals surface area contributed by atoms with Gasteiger partial charge >= 0.3 is 0 Å². The van der Waals surface area contributed by atoms with Crippen molar-refractivity contribution in [2.24, 2.45) is 17.6 Å². The van der Waals surface area contributed by atoms with Crippen LogP contribution < -0.4 is 5.73 Å². The Morgan fingerprint density at radius 1 is 1.28 bits per heavy atom. The van der Waals surface area contributed by atoms with E-state index in [1.807, 2.05) is 0 Å². The Hall–Kier alpha value is -0.120. The molecule has 3 heteroatoms. The third-order valence-corrected chi connectivity index (χ3v) is 5.39. The van der Waals surface area contributed by atoms with E-state index < -0.39 is 0 Å². The molecule has 2 N–H and O–H groups in total. The molecule has 1 heterocycles. The number of nitrogens with zero attached hydrogens (tertiary/aromatic N) is 2. The Labute approximate surface area is 113 Å². The van der Waals surface area contributed by atoms with E-state index in [0.717, 1.165) is 18.4 Å². The van der Waals surface area contributed by atoms with E-state index >= 15 is 0 Å². The van der Waals surface area contributed by atoms with Crippen molar-refractivity contribution < 1.29 is 0 Å². The largest absolute Gasteiger partial charge is 0.329 e. The average Bonchev–Trinajstić information content (AvgIpc) is 2.75. The highest BCUT2D eigenvalue weighted by Crippen LogP contribution is 2.38. The monoisotopic (exact) mass is 253 g/mol. The number of piperidine rings is 1. The second kappa shape index (κ2) is 5.89. The van der Waals surface area contributed by atoms with E-state index in [4.69, 9.17) is 5.73 Å². The lowest BCUT2D eigenvalue weighted by molar-refractivity contribution is 0.0869. The number of hydrogen-bond donors (Lipinski definition) is 1. The van der Waals surface area contributed by atoms with Crippen molar-refractivity contribution in [3.8, 4) is 0 Å². The normalized spacial score (nSPS) is 35.5. The van der Waals surface area contributed by atoms with Crippen LogP contribution in [0.4, 0.5) is 0 Å². The van der Waals surface area contributed by atoms with Crippen molar-refractivity contribution in [1.29, 1.82) is 0 Å². The summed E-state index contributed by atoms with van der Waals surface area (Å²) in [5.41, 5.74) is 6.42. The van der Waals surface area contributed by atoms with Crippen molar-refractivity contribution in [2.75, 3.05) is 40.3 Å². The molecule has 2 unspecified atom stereocenters. The van der Waals surface area contributed by atoms with Gasteiger partial charge in [0.1, 0.15) is 0 Å². The van der Waals surface area contributed by atoms with Gasteiger partial charge in [-0.15, -0.1) is 0 Å². The summed E-state index contributed by atoms with van der Waals surface area (Å²) in [4.78, 5) is 5.05. The van der Waals surface area contributed by atoms with Crippen molar-refractivity contribution in [2.45, 2.75) is 44.6 Å². The van der Waals surface area contributed by atoms with E-state index in [1.165, 1.54) is 51.7 Å². The maximum absolute atomic E-state index is 6.11. The SMILES string of the molecule is CC1CCC(CN)(N(C)CC2CCN(C)CC2)C1. The minimum atomic E-state index is 0.308. The molecular weight excluding hydrogens is 222 g/mol. The third-order valence-electron chi connectivity index (χ3n) is 5.39. The Morgan fingerprint density at radius 2 is 1.94 bits per heavy atom. The molecule has 0 radical (unpaired) electrons. The summed E-state index contributed by atoms with van der Waals surface area (Å²) in [6.45, 7) is 6.99. The molecule has 0 spiro atoms. The van der Waals surface area contributed by atoms with Crippen LogP contribution in [0.2, 0.25) is 0 Å². The molecule has 106 valence electrons. The number of rotatable bonds is 4. The van der Waals surface area contributed by atoms with Crippen molar-refractivity contribution in [1.82, 2.24) is 9.80 Å². The van der Waals surface area contributed by atoms with E-state index in [2.05, 4.69) is 30.8 Å². The predicted molar refractivity (Wildman–Crippen MR) is 77.7 cm³/mol. The Bertz CT molecular complexity index is 260. The molecule has 2 aliphatic rings. The van der Waals surface area contributed by atoms with Gasteiger partial charge in [-0.3, -0.25) is 4.90 Å².